The standard InChI is InChI=1S/C18H28F2N4O2/c1-13(24-8-9-25-12-14(24)2)10-22-18(21-3)23-11-15-6-4-5-7-16(15)26-17(19)20/h4-7,13-14,17H,8-12H2,1-3H3,(H2,21,22,23). The Kier molecular flexibility index (Phi) is 8.06. The molecule has 2 rings (SSSR count). The summed E-state index contributed by atoms with van der Waals surface area (Å²) in [5, 5.41) is 6.42. The van der Waals surface area contributed by atoms with Crippen molar-refractivity contribution in [3.8, 4) is 5.75 Å². The van der Waals surface area contributed by atoms with Crippen molar-refractivity contribution in [2.75, 3.05) is 33.4 Å². The van der Waals surface area contributed by atoms with Gasteiger partial charge in [-0.2, -0.15) is 8.78 Å². The van der Waals surface area contributed by atoms with Crippen molar-refractivity contribution in [1.29, 1.82) is 0 Å². The third-order valence-electron chi connectivity index (χ3n) is 4.41. The average molecular weight is 370 g/mol. The van der Waals surface area contributed by atoms with Crippen molar-refractivity contribution < 1.29 is 18.3 Å². The minimum atomic E-state index is -2.84. The maximum Gasteiger partial charge on any atom is 0.387 e. The van der Waals surface area contributed by atoms with Crippen molar-refractivity contribution in [2.45, 2.75) is 39.1 Å². The van der Waals surface area contributed by atoms with Crippen LogP contribution in [-0.4, -0.2) is 62.9 Å². The number of nitrogens with one attached hydrogen (secondary N) is 2. The number of aliphatic imine (C=N–C) groups is 1. The van der Waals surface area contributed by atoms with E-state index < -0.39 is 6.61 Å². The Labute approximate surface area is 153 Å². The summed E-state index contributed by atoms with van der Waals surface area (Å²) in [6.07, 6.45) is 0. The Balaban J connectivity index is 1.84. The highest BCUT2D eigenvalue weighted by Gasteiger charge is 2.23. The van der Waals surface area contributed by atoms with E-state index in [9.17, 15) is 8.78 Å². The molecule has 146 valence electrons. The first-order valence-corrected chi connectivity index (χ1v) is 8.82. The number of rotatable bonds is 7. The summed E-state index contributed by atoms with van der Waals surface area (Å²) in [4.78, 5) is 6.59. The second-order valence-electron chi connectivity index (χ2n) is 6.30. The van der Waals surface area contributed by atoms with E-state index in [1.807, 2.05) is 0 Å². The average Bonchev–Trinajstić information content (AvgIpc) is 2.62. The summed E-state index contributed by atoms with van der Waals surface area (Å²) in [7, 11) is 1.68. The zero-order valence-corrected chi connectivity index (χ0v) is 15.5. The van der Waals surface area contributed by atoms with Gasteiger partial charge in [-0.25, -0.2) is 0 Å². The first-order valence-electron chi connectivity index (χ1n) is 8.82. The molecule has 1 saturated heterocycles. The van der Waals surface area contributed by atoms with Crippen LogP contribution in [0.2, 0.25) is 0 Å². The predicted octanol–water partition coefficient (Wildman–Crippen LogP) is 2.06. The smallest absolute Gasteiger partial charge is 0.387 e. The Morgan fingerprint density at radius 3 is 2.85 bits per heavy atom. The molecule has 0 spiro atoms. The number of morpholine rings is 1. The van der Waals surface area contributed by atoms with Gasteiger partial charge in [-0.15, -0.1) is 0 Å². The molecule has 1 fully saturated rings. The van der Waals surface area contributed by atoms with Crippen LogP contribution in [0.4, 0.5) is 8.78 Å². The predicted molar refractivity (Wildman–Crippen MR) is 97.7 cm³/mol. The zero-order valence-electron chi connectivity index (χ0n) is 15.5. The second-order valence-corrected chi connectivity index (χ2v) is 6.30. The molecule has 1 aromatic carbocycles. The van der Waals surface area contributed by atoms with Crippen LogP contribution >= 0.6 is 0 Å². The fourth-order valence-electron chi connectivity index (χ4n) is 3.02. The van der Waals surface area contributed by atoms with Gasteiger partial charge in [-0.1, -0.05) is 18.2 Å². The summed E-state index contributed by atoms with van der Waals surface area (Å²) in [5.74, 6) is 0.783. The maximum atomic E-state index is 12.5. The first-order chi connectivity index (χ1) is 12.5. The molecule has 1 heterocycles. The van der Waals surface area contributed by atoms with Gasteiger partial charge in [0.1, 0.15) is 5.75 Å². The monoisotopic (exact) mass is 370 g/mol. The van der Waals surface area contributed by atoms with Crippen LogP contribution in [0.15, 0.2) is 29.3 Å². The van der Waals surface area contributed by atoms with Crippen molar-refractivity contribution in [1.82, 2.24) is 15.5 Å². The molecule has 0 aliphatic carbocycles. The molecular formula is C18H28F2N4O2. The lowest BCUT2D eigenvalue weighted by molar-refractivity contribution is -0.0504. The molecule has 6 nitrogen and oxygen atoms in total. The van der Waals surface area contributed by atoms with Crippen molar-refractivity contribution in [3.05, 3.63) is 29.8 Å². The van der Waals surface area contributed by atoms with Crippen LogP contribution in [0.3, 0.4) is 0 Å². The number of ether oxygens (including phenoxy) is 2. The molecule has 1 aliphatic heterocycles. The number of halogens is 2. The lowest BCUT2D eigenvalue weighted by Gasteiger charge is -2.38. The molecule has 1 aromatic rings. The van der Waals surface area contributed by atoms with Crippen LogP contribution in [0.5, 0.6) is 5.75 Å². The van der Waals surface area contributed by atoms with E-state index in [2.05, 4.69) is 39.1 Å². The Hall–Kier alpha value is -1.93. The van der Waals surface area contributed by atoms with E-state index in [4.69, 9.17) is 4.74 Å². The third kappa shape index (κ3) is 6.10. The van der Waals surface area contributed by atoms with Gasteiger partial charge in [0.25, 0.3) is 0 Å². The molecule has 26 heavy (non-hydrogen) atoms. The van der Waals surface area contributed by atoms with Gasteiger partial charge in [0.2, 0.25) is 0 Å². The first kappa shape index (κ1) is 20.4. The number of nitrogens with zero attached hydrogens (tertiary/aromatic N) is 2. The molecule has 8 heteroatoms. The Bertz CT molecular complexity index is 586. The quantitative estimate of drug-likeness (QED) is 0.568. The van der Waals surface area contributed by atoms with Gasteiger partial charge in [0.05, 0.1) is 13.2 Å². The normalized spacial score (nSPS) is 20.1. The van der Waals surface area contributed by atoms with Gasteiger partial charge < -0.3 is 20.1 Å². The number of para-hydroxylation sites is 1. The van der Waals surface area contributed by atoms with E-state index in [1.54, 1.807) is 25.2 Å². The Morgan fingerprint density at radius 1 is 1.38 bits per heavy atom. The number of guanidine groups is 1. The van der Waals surface area contributed by atoms with Gasteiger partial charge in [0.15, 0.2) is 5.96 Å². The molecule has 2 atom stereocenters. The number of hydrogen-bond acceptors (Lipinski definition) is 4. The fourth-order valence-corrected chi connectivity index (χ4v) is 3.02. The van der Waals surface area contributed by atoms with Crippen molar-refractivity contribution >= 4 is 5.96 Å². The summed E-state index contributed by atoms with van der Waals surface area (Å²) < 4.78 is 35.0. The molecule has 0 bridgehead atoms. The summed E-state index contributed by atoms with van der Waals surface area (Å²) in [6.45, 7) is 4.94. The van der Waals surface area contributed by atoms with E-state index >= 15 is 0 Å². The molecule has 2 unspecified atom stereocenters. The van der Waals surface area contributed by atoms with Crippen LogP contribution < -0.4 is 15.4 Å². The van der Waals surface area contributed by atoms with Gasteiger partial charge in [-0.3, -0.25) is 9.89 Å². The lowest BCUT2D eigenvalue weighted by atomic mass is 10.2. The van der Waals surface area contributed by atoms with Crippen molar-refractivity contribution in [3.63, 3.8) is 0 Å². The molecule has 1 aliphatic rings. The van der Waals surface area contributed by atoms with Gasteiger partial charge in [-0.05, 0) is 19.9 Å². The minimum Gasteiger partial charge on any atom is -0.434 e. The third-order valence-corrected chi connectivity index (χ3v) is 4.41. The van der Waals surface area contributed by atoms with Crippen LogP contribution in [0.1, 0.15) is 19.4 Å². The summed E-state index contributed by atoms with van der Waals surface area (Å²) in [6, 6.07) is 7.43. The Morgan fingerprint density at radius 2 is 2.15 bits per heavy atom. The second kappa shape index (κ2) is 10.3. The van der Waals surface area contributed by atoms with Crippen LogP contribution in [0.25, 0.3) is 0 Å². The SMILES string of the molecule is CN=C(NCc1ccccc1OC(F)F)NCC(C)N1CCOCC1C. The molecule has 0 aromatic heterocycles. The highest BCUT2D eigenvalue weighted by molar-refractivity contribution is 5.79. The molecule has 0 amide bonds. The van der Waals surface area contributed by atoms with E-state index in [-0.39, 0.29) is 5.75 Å². The number of alkyl halides is 2. The van der Waals surface area contributed by atoms with E-state index in [1.165, 1.54) is 6.07 Å². The minimum absolute atomic E-state index is 0.168. The fraction of sp³-hybridized carbons (Fsp3) is 0.611. The van der Waals surface area contributed by atoms with Crippen LogP contribution in [0, 0.1) is 0 Å². The number of benzene rings is 1. The number of hydrogen-bond donors (Lipinski definition) is 2. The largest absolute Gasteiger partial charge is 0.434 e. The topological polar surface area (TPSA) is 58.1 Å². The molecular weight excluding hydrogens is 342 g/mol. The van der Waals surface area contributed by atoms with E-state index in [0.717, 1.165) is 26.3 Å². The maximum absolute atomic E-state index is 12.5. The van der Waals surface area contributed by atoms with Gasteiger partial charge in [0, 0.05) is 44.3 Å². The van der Waals surface area contributed by atoms with Crippen molar-refractivity contribution in [2.24, 2.45) is 4.99 Å². The zero-order chi connectivity index (χ0) is 18.9. The van der Waals surface area contributed by atoms with Gasteiger partial charge >= 0.3 is 6.61 Å². The molecule has 0 saturated carbocycles. The highest BCUT2D eigenvalue weighted by Crippen LogP contribution is 2.19. The van der Waals surface area contributed by atoms with E-state index in [0.29, 0.717) is 30.2 Å². The highest BCUT2D eigenvalue weighted by atomic mass is 19.3. The summed E-state index contributed by atoms with van der Waals surface area (Å²) in [5.41, 5.74) is 0.644. The summed E-state index contributed by atoms with van der Waals surface area (Å²) >= 11 is 0. The molecule has 2 N–H and O–H groups in total. The lowest BCUT2D eigenvalue weighted by Crippen LogP contribution is -2.52. The molecule has 0 radical (unpaired) electrons. The van der Waals surface area contributed by atoms with Crippen LogP contribution in [-0.2, 0) is 11.3 Å².